The second-order valence-corrected chi connectivity index (χ2v) is 7.67. The van der Waals surface area contributed by atoms with Gasteiger partial charge in [0.05, 0.1) is 34.8 Å². The zero-order valence-electron chi connectivity index (χ0n) is 15.4. The van der Waals surface area contributed by atoms with E-state index in [1.165, 1.54) is 23.8 Å². The minimum atomic E-state index is -0.405. The Balaban J connectivity index is 1.83. The standard InChI is InChI=1S/C20H17BrN2O4S/c1-23-18(24)17(11-12-4-9-16(26-2)15(21)10-12)28-20(23)22-14-7-5-13(6-8-14)19(25)27-3/h4-11H,1-3H3/b17-11-,22-20?. The van der Waals surface area contributed by atoms with Gasteiger partial charge in [-0.05, 0) is 75.7 Å². The summed E-state index contributed by atoms with van der Waals surface area (Å²) in [6.07, 6.45) is 1.82. The molecule has 0 atom stereocenters. The molecule has 1 saturated heterocycles. The summed E-state index contributed by atoms with van der Waals surface area (Å²) in [5.74, 6) is 0.196. The Morgan fingerprint density at radius 1 is 1.18 bits per heavy atom. The number of nitrogens with zero attached hydrogens (tertiary/aromatic N) is 2. The largest absolute Gasteiger partial charge is 0.496 e. The Bertz CT molecular complexity index is 986. The van der Waals surface area contributed by atoms with Gasteiger partial charge in [0, 0.05) is 7.05 Å². The van der Waals surface area contributed by atoms with Gasteiger partial charge in [0.2, 0.25) is 0 Å². The molecule has 6 nitrogen and oxygen atoms in total. The van der Waals surface area contributed by atoms with Crippen molar-refractivity contribution in [2.24, 2.45) is 4.99 Å². The van der Waals surface area contributed by atoms with Crippen LogP contribution >= 0.6 is 27.7 Å². The molecule has 0 bridgehead atoms. The number of halogens is 1. The van der Waals surface area contributed by atoms with E-state index in [1.54, 1.807) is 38.4 Å². The highest BCUT2D eigenvalue weighted by Gasteiger charge is 2.30. The molecule has 1 aliphatic rings. The first-order valence-electron chi connectivity index (χ1n) is 8.21. The Kier molecular flexibility index (Phi) is 6.21. The number of methoxy groups -OCH3 is 2. The molecule has 1 fully saturated rings. The third-order valence-corrected chi connectivity index (χ3v) is 5.67. The van der Waals surface area contributed by atoms with Crippen LogP contribution in [0.1, 0.15) is 15.9 Å². The minimum absolute atomic E-state index is 0.123. The van der Waals surface area contributed by atoms with Gasteiger partial charge in [0.15, 0.2) is 5.17 Å². The highest BCUT2D eigenvalue weighted by atomic mass is 79.9. The fourth-order valence-electron chi connectivity index (χ4n) is 2.48. The number of rotatable bonds is 4. The van der Waals surface area contributed by atoms with Crippen molar-refractivity contribution in [3.05, 3.63) is 63.0 Å². The highest BCUT2D eigenvalue weighted by molar-refractivity contribution is 9.10. The van der Waals surface area contributed by atoms with Gasteiger partial charge < -0.3 is 9.47 Å². The predicted octanol–water partition coefficient (Wildman–Crippen LogP) is 4.48. The van der Waals surface area contributed by atoms with Gasteiger partial charge in [-0.2, -0.15) is 0 Å². The number of hydrogen-bond donors (Lipinski definition) is 0. The number of benzene rings is 2. The van der Waals surface area contributed by atoms with Gasteiger partial charge in [-0.1, -0.05) is 6.07 Å². The first-order valence-corrected chi connectivity index (χ1v) is 9.82. The van der Waals surface area contributed by atoms with Crippen LogP contribution in [0.3, 0.4) is 0 Å². The van der Waals surface area contributed by atoms with Crippen LogP contribution in [0.2, 0.25) is 0 Å². The fraction of sp³-hybridized carbons (Fsp3) is 0.150. The van der Waals surface area contributed by atoms with Crippen molar-refractivity contribution in [2.45, 2.75) is 0 Å². The van der Waals surface area contributed by atoms with Gasteiger partial charge in [-0.15, -0.1) is 0 Å². The van der Waals surface area contributed by atoms with E-state index in [0.29, 0.717) is 21.3 Å². The lowest BCUT2D eigenvalue weighted by atomic mass is 10.2. The molecule has 8 heteroatoms. The van der Waals surface area contributed by atoms with E-state index in [1.807, 2.05) is 24.3 Å². The van der Waals surface area contributed by atoms with Crippen molar-refractivity contribution < 1.29 is 19.1 Å². The zero-order chi connectivity index (χ0) is 20.3. The van der Waals surface area contributed by atoms with Crippen LogP contribution in [0.4, 0.5) is 5.69 Å². The van der Waals surface area contributed by atoms with Crippen LogP contribution < -0.4 is 4.74 Å². The van der Waals surface area contributed by atoms with E-state index in [0.717, 1.165) is 15.8 Å². The normalized spacial score (nSPS) is 16.7. The van der Waals surface area contributed by atoms with Gasteiger partial charge >= 0.3 is 5.97 Å². The predicted molar refractivity (Wildman–Crippen MR) is 114 cm³/mol. The quantitative estimate of drug-likeness (QED) is 0.496. The third kappa shape index (κ3) is 4.28. The van der Waals surface area contributed by atoms with E-state index in [-0.39, 0.29) is 5.91 Å². The number of thioether (sulfide) groups is 1. The molecule has 0 unspecified atom stereocenters. The minimum Gasteiger partial charge on any atom is -0.496 e. The maximum atomic E-state index is 12.6. The topological polar surface area (TPSA) is 68.2 Å². The number of likely N-dealkylation sites (N-methyl/N-ethyl adjacent to an activating group) is 1. The summed E-state index contributed by atoms with van der Waals surface area (Å²) >= 11 is 4.74. The molecule has 1 aliphatic heterocycles. The van der Waals surface area contributed by atoms with E-state index in [4.69, 9.17) is 4.74 Å². The second kappa shape index (κ2) is 8.62. The zero-order valence-corrected chi connectivity index (χ0v) is 17.8. The number of esters is 1. The average Bonchev–Trinajstić information content (AvgIpc) is 2.96. The third-order valence-electron chi connectivity index (χ3n) is 3.99. The van der Waals surface area contributed by atoms with Crippen molar-refractivity contribution in [3.8, 4) is 5.75 Å². The molecule has 28 heavy (non-hydrogen) atoms. The van der Waals surface area contributed by atoms with Crippen molar-refractivity contribution >= 4 is 56.5 Å². The lowest BCUT2D eigenvalue weighted by molar-refractivity contribution is -0.121. The summed E-state index contributed by atoms with van der Waals surface area (Å²) < 4.78 is 10.7. The Morgan fingerprint density at radius 2 is 1.89 bits per heavy atom. The van der Waals surface area contributed by atoms with Gasteiger partial charge in [-0.3, -0.25) is 9.69 Å². The maximum absolute atomic E-state index is 12.6. The van der Waals surface area contributed by atoms with Crippen molar-refractivity contribution in [1.29, 1.82) is 0 Å². The van der Waals surface area contributed by atoms with Crippen LogP contribution in [-0.4, -0.2) is 43.2 Å². The second-order valence-electron chi connectivity index (χ2n) is 5.80. The lowest BCUT2D eigenvalue weighted by Gasteiger charge is -2.07. The SMILES string of the molecule is COC(=O)c1ccc(N=C2S/C(=C\c3ccc(OC)c(Br)c3)C(=O)N2C)cc1. The molecule has 2 aromatic rings. The van der Waals surface area contributed by atoms with Crippen molar-refractivity contribution in [3.63, 3.8) is 0 Å². The molecule has 0 aliphatic carbocycles. The number of carbonyl (C=O) groups is 2. The highest BCUT2D eigenvalue weighted by Crippen LogP contribution is 2.34. The van der Waals surface area contributed by atoms with E-state index < -0.39 is 5.97 Å². The number of hydrogen-bond acceptors (Lipinski definition) is 6. The molecule has 2 aromatic carbocycles. The fourth-order valence-corrected chi connectivity index (χ4v) is 4.02. The Hall–Kier alpha value is -2.58. The molecule has 1 heterocycles. The summed E-state index contributed by atoms with van der Waals surface area (Å²) in [7, 11) is 4.62. The molecule has 0 radical (unpaired) electrons. The summed E-state index contributed by atoms with van der Waals surface area (Å²) in [6.45, 7) is 0. The van der Waals surface area contributed by atoms with E-state index in [2.05, 4.69) is 25.7 Å². The van der Waals surface area contributed by atoms with Crippen LogP contribution in [0.25, 0.3) is 6.08 Å². The van der Waals surface area contributed by atoms with Crippen LogP contribution in [-0.2, 0) is 9.53 Å². The molecular formula is C20H17BrN2O4S. The van der Waals surface area contributed by atoms with Gasteiger partial charge in [0.25, 0.3) is 5.91 Å². The molecule has 0 N–H and O–H groups in total. The number of ether oxygens (including phenoxy) is 2. The summed E-state index contributed by atoms with van der Waals surface area (Å²) in [4.78, 5) is 30.7. The van der Waals surface area contributed by atoms with Gasteiger partial charge in [0.1, 0.15) is 5.75 Å². The molecule has 1 amide bonds. The molecule has 0 spiro atoms. The number of amidine groups is 1. The number of carbonyl (C=O) groups excluding carboxylic acids is 2. The first kappa shape index (κ1) is 20.2. The summed E-state index contributed by atoms with van der Waals surface area (Å²) in [5, 5.41) is 0.564. The van der Waals surface area contributed by atoms with Crippen LogP contribution in [0.15, 0.2) is 56.8 Å². The Morgan fingerprint density at radius 3 is 2.50 bits per heavy atom. The van der Waals surface area contributed by atoms with E-state index >= 15 is 0 Å². The lowest BCUT2D eigenvalue weighted by Crippen LogP contribution is -2.23. The summed E-state index contributed by atoms with van der Waals surface area (Å²) in [5.41, 5.74) is 1.96. The van der Waals surface area contributed by atoms with Crippen molar-refractivity contribution in [1.82, 2.24) is 4.90 Å². The number of aliphatic imine (C=N–C) groups is 1. The van der Waals surface area contributed by atoms with Crippen LogP contribution in [0, 0.1) is 0 Å². The Labute approximate surface area is 175 Å². The maximum Gasteiger partial charge on any atom is 0.337 e. The smallest absolute Gasteiger partial charge is 0.337 e. The van der Waals surface area contributed by atoms with E-state index in [9.17, 15) is 9.59 Å². The first-order chi connectivity index (χ1) is 13.4. The molecular weight excluding hydrogens is 444 g/mol. The molecule has 0 saturated carbocycles. The van der Waals surface area contributed by atoms with Crippen LogP contribution in [0.5, 0.6) is 5.75 Å². The van der Waals surface area contributed by atoms with Gasteiger partial charge in [-0.25, -0.2) is 9.79 Å². The summed E-state index contributed by atoms with van der Waals surface area (Å²) in [6, 6.07) is 12.3. The monoisotopic (exact) mass is 460 g/mol. The number of amides is 1. The molecule has 0 aromatic heterocycles. The van der Waals surface area contributed by atoms with Crippen molar-refractivity contribution in [2.75, 3.05) is 21.3 Å². The average molecular weight is 461 g/mol. The molecule has 3 rings (SSSR count). The molecule has 144 valence electrons.